The van der Waals surface area contributed by atoms with Crippen molar-refractivity contribution in [3.8, 4) is 0 Å². The Kier molecular flexibility index (Phi) is 30.7. The highest BCUT2D eigenvalue weighted by Gasteiger charge is 2.28. The van der Waals surface area contributed by atoms with Gasteiger partial charge in [-0.1, -0.05) is 45.9 Å². The molecule has 11 heteroatoms. The molecule has 10 nitrogen and oxygen atoms in total. The van der Waals surface area contributed by atoms with Crippen molar-refractivity contribution in [2.45, 2.75) is 92.6 Å². The van der Waals surface area contributed by atoms with Crippen LogP contribution in [0.15, 0.2) is 53.0 Å². The van der Waals surface area contributed by atoms with E-state index in [2.05, 4.69) is 15.6 Å². The Bertz CT molecular complexity index is 830. The first-order chi connectivity index (χ1) is 20.0. The number of ether oxygens (including phenoxy) is 1. The highest BCUT2D eigenvalue weighted by Crippen LogP contribution is 2.18. The summed E-state index contributed by atoms with van der Waals surface area (Å²) in [7, 11) is 1.54. The van der Waals surface area contributed by atoms with Crippen molar-refractivity contribution < 1.29 is 34.0 Å². The topological polar surface area (TPSA) is 144 Å². The number of aliphatic hydroxyl groups is 3. The zero-order chi connectivity index (χ0) is 32.9. The average molecular weight is 601 g/mol. The standard InChI is InChI=1S/C25H42FN3O5.C4H9NO.C2H6/c1-6-9-21(26)13-12-19(3)10-8-11-22(29(18-30)17-20(4)31)25(27-7-2)23(32)16-24(33)28-14-15-34-5;1-3-5-4(2)6;1-2/h7-9,11-13,16,18-20,22,24-25,28,31-33H,6,10,14-15,17H2,1-5H3;3H2,1-2H3,(H,5,6);1-2H3/b11-8+,13-12-,21-9+,23-16-,27-7?;;. The Hall–Kier alpha value is -2.86. The summed E-state index contributed by atoms with van der Waals surface area (Å²) in [6.45, 7) is 15.9. The average Bonchev–Trinajstić information content (AvgIpc) is 2.93. The Morgan fingerprint density at radius 1 is 1.17 bits per heavy atom. The first-order valence-electron chi connectivity index (χ1n) is 14.6. The summed E-state index contributed by atoms with van der Waals surface area (Å²) in [5.41, 5.74) is 0. The lowest BCUT2D eigenvalue weighted by molar-refractivity contribution is -0.121. The van der Waals surface area contributed by atoms with E-state index in [-0.39, 0.29) is 30.0 Å². The van der Waals surface area contributed by atoms with Crippen LogP contribution in [-0.4, -0.2) is 96.5 Å². The number of carbonyl (C=O) groups excluding carboxylic acids is 2. The number of hydrogen-bond acceptors (Lipinski definition) is 8. The van der Waals surface area contributed by atoms with E-state index < -0.39 is 24.4 Å². The molecule has 0 aromatic rings. The number of carbonyl (C=O) groups is 2. The number of halogens is 1. The van der Waals surface area contributed by atoms with Crippen molar-refractivity contribution >= 4 is 18.5 Å². The second kappa shape index (κ2) is 29.6. The fourth-order valence-electron chi connectivity index (χ4n) is 3.34. The van der Waals surface area contributed by atoms with Gasteiger partial charge in [0.1, 0.15) is 23.9 Å². The van der Waals surface area contributed by atoms with Crippen molar-refractivity contribution in [3.63, 3.8) is 0 Å². The third-order valence-electron chi connectivity index (χ3n) is 5.17. The number of allylic oxidation sites excluding steroid dienone is 5. The molecule has 0 bridgehead atoms. The van der Waals surface area contributed by atoms with E-state index in [0.29, 0.717) is 32.4 Å². The molecule has 0 aromatic heterocycles. The van der Waals surface area contributed by atoms with Crippen molar-refractivity contribution in [2.24, 2.45) is 10.9 Å². The molecular formula is C31H57FN4O6. The molecule has 0 saturated heterocycles. The normalized spacial score (nSPS) is 15.7. The molecule has 2 amide bonds. The Morgan fingerprint density at radius 2 is 1.81 bits per heavy atom. The number of nitrogens with zero attached hydrogens (tertiary/aromatic N) is 2. The van der Waals surface area contributed by atoms with Crippen LogP contribution in [0.25, 0.3) is 0 Å². The highest BCUT2D eigenvalue weighted by molar-refractivity contribution is 5.72. The predicted molar refractivity (Wildman–Crippen MR) is 170 cm³/mol. The fourth-order valence-corrected chi connectivity index (χ4v) is 3.34. The Labute approximate surface area is 253 Å². The number of hydrogen-bond donors (Lipinski definition) is 5. The molecule has 0 radical (unpaired) electrons. The van der Waals surface area contributed by atoms with Gasteiger partial charge in [-0.25, -0.2) is 4.39 Å². The number of aliphatic hydroxyl groups excluding tert-OH is 3. The van der Waals surface area contributed by atoms with Crippen LogP contribution >= 0.6 is 0 Å². The SMILES string of the molecule is CC.CC=NC(/C(O)=C/C(O)NCCOC)C(/C=C/CC(C)/C=C\C(F)=C/CC)N(C=O)CC(C)O.CCNC(C)=O. The van der Waals surface area contributed by atoms with Crippen LogP contribution < -0.4 is 10.6 Å². The third-order valence-corrected chi connectivity index (χ3v) is 5.17. The zero-order valence-electron chi connectivity index (χ0n) is 27.1. The van der Waals surface area contributed by atoms with E-state index >= 15 is 0 Å². The van der Waals surface area contributed by atoms with Gasteiger partial charge < -0.3 is 30.3 Å². The van der Waals surface area contributed by atoms with Crippen molar-refractivity contribution in [3.05, 3.63) is 48.0 Å². The molecule has 5 atom stereocenters. The molecule has 244 valence electrons. The molecule has 5 unspecified atom stereocenters. The summed E-state index contributed by atoms with van der Waals surface area (Å²) >= 11 is 0. The number of nitrogens with one attached hydrogen (secondary N) is 2. The lowest BCUT2D eigenvalue weighted by Gasteiger charge is -2.31. The molecule has 0 aliphatic carbocycles. The molecule has 0 spiro atoms. The molecule has 0 fully saturated rings. The van der Waals surface area contributed by atoms with Gasteiger partial charge >= 0.3 is 0 Å². The summed E-state index contributed by atoms with van der Waals surface area (Å²) in [5.74, 6) is -0.455. The highest BCUT2D eigenvalue weighted by atomic mass is 19.1. The number of aliphatic imine (C=N–C) groups is 1. The maximum absolute atomic E-state index is 13.6. The van der Waals surface area contributed by atoms with E-state index in [1.54, 1.807) is 26.0 Å². The van der Waals surface area contributed by atoms with Crippen LogP contribution in [0.5, 0.6) is 0 Å². The molecule has 5 N–H and O–H groups in total. The summed E-state index contributed by atoms with van der Waals surface area (Å²) in [6, 6.07) is -1.63. The van der Waals surface area contributed by atoms with E-state index in [1.165, 1.54) is 43.4 Å². The van der Waals surface area contributed by atoms with E-state index in [0.717, 1.165) is 6.54 Å². The monoisotopic (exact) mass is 600 g/mol. The van der Waals surface area contributed by atoms with Gasteiger partial charge in [-0.15, -0.1) is 0 Å². The summed E-state index contributed by atoms with van der Waals surface area (Å²) in [4.78, 5) is 27.4. The molecule has 0 rings (SSSR count). The molecule has 0 aliphatic heterocycles. The van der Waals surface area contributed by atoms with E-state index in [1.807, 2.05) is 40.7 Å². The molecule has 0 aliphatic rings. The van der Waals surface area contributed by atoms with Crippen molar-refractivity contribution in [1.82, 2.24) is 15.5 Å². The van der Waals surface area contributed by atoms with Gasteiger partial charge in [0, 0.05) is 33.7 Å². The second-order valence-corrected chi connectivity index (χ2v) is 9.06. The maximum atomic E-state index is 13.6. The minimum Gasteiger partial charge on any atom is -0.510 e. The summed E-state index contributed by atoms with van der Waals surface area (Å²) < 4.78 is 18.5. The van der Waals surface area contributed by atoms with Crippen LogP contribution in [-0.2, 0) is 14.3 Å². The summed E-state index contributed by atoms with van der Waals surface area (Å²) in [5, 5.41) is 36.1. The minimum absolute atomic E-state index is 0.0263. The van der Waals surface area contributed by atoms with Gasteiger partial charge in [0.2, 0.25) is 12.3 Å². The minimum atomic E-state index is -1.15. The number of rotatable bonds is 19. The first-order valence-corrected chi connectivity index (χ1v) is 14.6. The van der Waals surface area contributed by atoms with Gasteiger partial charge in [0.05, 0.1) is 18.8 Å². The fraction of sp³-hybridized carbons (Fsp3) is 0.645. The maximum Gasteiger partial charge on any atom is 0.216 e. The number of amides is 2. The Morgan fingerprint density at radius 3 is 2.26 bits per heavy atom. The molecule has 42 heavy (non-hydrogen) atoms. The van der Waals surface area contributed by atoms with E-state index in [4.69, 9.17) is 4.74 Å². The van der Waals surface area contributed by atoms with Crippen molar-refractivity contribution in [2.75, 3.05) is 33.4 Å². The van der Waals surface area contributed by atoms with Gasteiger partial charge in [0.25, 0.3) is 0 Å². The Balaban J connectivity index is -0.00000167. The zero-order valence-corrected chi connectivity index (χ0v) is 27.1. The summed E-state index contributed by atoms with van der Waals surface area (Å²) in [6.07, 6.45) is 10.8. The quantitative estimate of drug-likeness (QED) is 0.0284. The van der Waals surface area contributed by atoms with Gasteiger partial charge in [-0.05, 0) is 64.0 Å². The van der Waals surface area contributed by atoms with Gasteiger partial charge in [-0.2, -0.15) is 0 Å². The van der Waals surface area contributed by atoms with Crippen LogP contribution in [0, 0.1) is 5.92 Å². The number of methoxy groups -OCH3 is 1. The molecule has 0 saturated carbocycles. The second-order valence-electron chi connectivity index (χ2n) is 9.06. The first kappa shape index (κ1) is 43.6. The van der Waals surface area contributed by atoms with Crippen LogP contribution in [0.1, 0.15) is 68.2 Å². The van der Waals surface area contributed by atoms with E-state index in [9.17, 15) is 29.3 Å². The largest absolute Gasteiger partial charge is 0.510 e. The van der Waals surface area contributed by atoms with Gasteiger partial charge in [0.15, 0.2) is 0 Å². The molecule has 0 aromatic carbocycles. The van der Waals surface area contributed by atoms with Crippen LogP contribution in [0.3, 0.4) is 0 Å². The van der Waals surface area contributed by atoms with Gasteiger partial charge in [-0.3, -0.25) is 19.9 Å². The van der Waals surface area contributed by atoms with Crippen LogP contribution in [0.2, 0.25) is 0 Å². The molecular weight excluding hydrogens is 543 g/mol. The lowest BCUT2D eigenvalue weighted by Crippen LogP contribution is -2.45. The lowest BCUT2D eigenvalue weighted by atomic mass is 10.0. The smallest absolute Gasteiger partial charge is 0.216 e. The third kappa shape index (κ3) is 24.9. The molecule has 0 heterocycles. The van der Waals surface area contributed by atoms with Crippen molar-refractivity contribution in [1.29, 1.82) is 0 Å². The van der Waals surface area contributed by atoms with Crippen LogP contribution in [0.4, 0.5) is 4.39 Å². The predicted octanol–water partition coefficient (Wildman–Crippen LogP) is 4.22.